The SMILES string of the molecule is COc1ccc(Cl)c(Nc2ccccc2CC(=O)O)c1. The van der Waals surface area contributed by atoms with E-state index in [0.717, 1.165) is 0 Å². The molecule has 0 aliphatic carbocycles. The quantitative estimate of drug-likeness (QED) is 0.881. The van der Waals surface area contributed by atoms with Gasteiger partial charge in [0.05, 0.1) is 24.2 Å². The third-order valence-corrected chi connectivity index (χ3v) is 3.13. The third-order valence-electron chi connectivity index (χ3n) is 2.80. The molecule has 4 nitrogen and oxygen atoms in total. The van der Waals surface area contributed by atoms with Gasteiger partial charge in [0, 0.05) is 11.8 Å². The van der Waals surface area contributed by atoms with E-state index < -0.39 is 5.97 Å². The summed E-state index contributed by atoms with van der Waals surface area (Å²) in [7, 11) is 1.57. The summed E-state index contributed by atoms with van der Waals surface area (Å²) in [4.78, 5) is 10.9. The van der Waals surface area contributed by atoms with Crippen LogP contribution < -0.4 is 10.1 Å². The van der Waals surface area contributed by atoms with Crippen LogP contribution >= 0.6 is 11.6 Å². The number of rotatable bonds is 5. The van der Waals surface area contributed by atoms with Crippen LogP contribution in [-0.4, -0.2) is 18.2 Å². The summed E-state index contributed by atoms with van der Waals surface area (Å²) in [6.07, 6.45) is -0.0508. The van der Waals surface area contributed by atoms with E-state index in [-0.39, 0.29) is 6.42 Å². The largest absolute Gasteiger partial charge is 0.497 e. The lowest BCUT2D eigenvalue weighted by Gasteiger charge is -2.13. The number of aliphatic carboxylic acids is 1. The van der Waals surface area contributed by atoms with Crippen LogP contribution in [-0.2, 0) is 11.2 Å². The first-order chi connectivity index (χ1) is 9.60. The molecule has 0 amide bonds. The number of hydrogen-bond acceptors (Lipinski definition) is 3. The minimum absolute atomic E-state index is 0.0508. The second kappa shape index (κ2) is 6.30. The van der Waals surface area contributed by atoms with Gasteiger partial charge < -0.3 is 15.2 Å². The average Bonchev–Trinajstić information content (AvgIpc) is 2.43. The highest BCUT2D eigenvalue weighted by atomic mass is 35.5. The van der Waals surface area contributed by atoms with Crippen molar-refractivity contribution < 1.29 is 14.6 Å². The van der Waals surface area contributed by atoms with Crippen LogP contribution in [0.3, 0.4) is 0 Å². The van der Waals surface area contributed by atoms with Gasteiger partial charge in [-0.05, 0) is 23.8 Å². The first-order valence-electron chi connectivity index (χ1n) is 6.00. The Labute approximate surface area is 122 Å². The minimum atomic E-state index is -0.879. The topological polar surface area (TPSA) is 58.6 Å². The van der Waals surface area contributed by atoms with Crippen molar-refractivity contribution in [3.63, 3.8) is 0 Å². The normalized spacial score (nSPS) is 10.1. The number of carbonyl (C=O) groups is 1. The van der Waals surface area contributed by atoms with Gasteiger partial charge >= 0.3 is 5.97 Å². The monoisotopic (exact) mass is 291 g/mol. The molecule has 2 N–H and O–H groups in total. The molecule has 104 valence electrons. The lowest BCUT2D eigenvalue weighted by Crippen LogP contribution is -2.03. The van der Waals surface area contributed by atoms with E-state index in [1.165, 1.54) is 0 Å². The van der Waals surface area contributed by atoms with Crippen molar-refractivity contribution in [3.05, 3.63) is 53.1 Å². The molecule has 0 unspecified atom stereocenters. The molecule has 2 rings (SSSR count). The number of benzene rings is 2. The lowest BCUT2D eigenvalue weighted by atomic mass is 10.1. The van der Waals surface area contributed by atoms with E-state index >= 15 is 0 Å². The average molecular weight is 292 g/mol. The van der Waals surface area contributed by atoms with Crippen LogP contribution in [0.25, 0.3) is 0 Å². The number of halogens is 1. The molecule has 0 saturated carbocycles. The van der Waals surface area contributed by atoms with Gasteiger partial charge in [-0.15, -0.1) is 0 Å². The molecule has 0 aromatic heterocycles. The molecule has 0 radical (unpaired) electrons. The summed E-state index contributed by atoms with van der Waals surface area (Å²) in [5.41, 5.74) is 2.08. The molecular weight excluding hydrogens is 278 g/mol. The van der Waals surface area contributed by atoms with Crippen molar-refractivity contribution in [1.82, 2.24) is 0 Å². The molecule has 0 bridgehead atoms. The zero-order chi connectivity index (χ0) is 14.5. The third kappa shape index (κ3) is 3.42. The Hall–Kier alpha value is -2.20. The van der Waals surface area contributed by atoms with Gasteiger partial charge in [0.15, 0.2) is 0 Å². The fourth-order valence-corrected chi connectivity index (χ4v) is 2.00. The Balaban J connectivity index is 2.32. The van der Waals surface area contributed by atoms with Crippen LogP contribution in [0.15, 0.2) is 42.5 Å². The standard InChI is InChI=1S/C15H14ClNO3/c1-20-11-6-7-12(16)14(9-11)17-13-5-3-2-4-10(13)8-15(18)19/h2-7,9,17H,8H2,1H3,(H,18,19). The van der Waals surface area contributed by atoms with Crippen molar-refractivity contribution in [2.45, 2.75) is 6.42 Å². The Morgan fingerprint density at radius 3 is 2.70 bits per heavy atom. The number of nitrogens with one attached hydrogen (secondary N) is 1. The highest BCUT2D eigenvalue weighted by Gasteiger charge is 2.08. The number of hydrogen-bond donors (Lipinski definition) is 2. The molecule has 5 heteroatoms. The summed E-state index contributed by atoms with van der Waals surface area (Å²) in [5.74, 6) is -0.205. The van der Waals surface area contributed by atoms with Crippen molar-refractivity contribution in [3.8, 4) is 5.75 Å². The molecule has 0 spiro atoms. The summed E-state index contributed by atoms with van der Waals surface area (Å²) in [5, 5.41) is 12.6. The lowest BCUT2D eigenvalue weighted by molar-refractivity contribution is -0.136. The fourth-order valence-electron chi connectivity index (χ4n) is 1.83. The van der Waals surface area contributed by atoms with Gasteiger partial charge in [-0.25, -0.2) is 0 Å². The molecule has 0 atom stereocenters. The molecule has 0 fully saturated rings. The molecule has 0 saturated heterocycles. The van der Waals surface area contributed by atoms with Crippen LogP contribution in [0.1, 0.15) is 5.56 Å². The fraction of sp³-hybridized carbons (Fsp3) is 0.133. The maximum Gasteiger partial charge on any atom is 0.307 e. The summed E-state index contributed by atoms with van der Waals surface area (Å²) in [6, 6.07) is 12.5. The van der Waals surface area contributed by atoms with E-state index in [9.17, 15) is 4.79 Å². The van der Waals surface area contributed by atoms with E-state index in [0.29, 0.717) is 27.7 Å². The Bertz CT molecular complexity index is 628. The number of anilines is 2. The van der Waals surface area contributed by atoms with Crippen molar-refractivity contribution in [2.24, 2.45) is 0 Å². The smallest absolute Gasteiger partial charge is 0.307 e. The van der Waals surface area contributed by atoms with Crippen LogP contribution in [0.5, 0.6) is 5.75 Å². The van der Waals surface area contributed by atoms with Gasteiger partial charge in [0.2, 0.25) is 0 Å². The molecule has 0 heterocycles. The zero-order valence-corrected chi connectivity index (χ0v) is 11.6. The zero-order valence-electron chi connectivity index (χ0n) is 10.9. The van der Waals surface area contributed by atoms with E-state index in [4.69, 9.17) is 21.4 Å². The molecule has 20 heavy (non-hydrogen) atoms. The maximum atomic E-state index is 10.9. The summed E-state index contributed by atoms with van der Waals surface area (Å²) < 4.78 is 5.15. The Morgan fingerprint density at radius 1 is 1.25 bits per heavy atom. The van der Waals surface area contributed by atoms with E-state index in [1.807, 2.05) is 12.1 Å². The van der Waals surface area contributed by atoms with Gasteiger partial charge in [0.1, 0.15) is 5.75 Å². The van der Waals surface area contributed by atoms with Crippen LogP contribution in [0.4, 0.5) is 11.4 Å². The van der Waals surface area contributed by atoms with Crippen molar-refractivity contribution in [1.29, 1.82) is 0 Å². The summed E-state index contributed by atoms with van der Waals surface area (Å²) >= 11 is 6.13. The molecule has 0 aliphatic rings. The van der Waals surface area contributed by atoms with Crippen molar-refractivity contribution in [2.75, 3.05) is 12.4 Å². The van der Waals surface area contributed by atoms with Crippen LogP contribution in [0.2, 0.25) is 5.02 Å². The number of carboxylic acids is 1. The van der Waals surface area contributed by atoms with E-state index in [2.05, 4.69) is 5.32 Å². The minimum Gasteiger partial charge on any atom is -0.497 e. The molecule has 2 aromatic carbocycles. The molecule has 2 aromatic rings. The van der Waals surface area contributed by atoms with Crippen LogP contribution in [0, 0.1) is 0 Å². The number of para-hydroxylation sites is 1. The number of methoxy groups -OCH3 is 1. The molecular formula is C15H14ClNO3. The highest BCUT2D eigenvalue weighted by Crippen LogP contribution is 2.30. The van der Waals surface area contributed by atoms with Gasteiger partial charge in [-0.3, -0.25) is 4.79 Å². The Kier molecular flexibility index (Phi) is 4.48. The predicted octanol–water partition coefficient (Wildman–Crippen LogP) is 3.72. The van der Waals surface area contributed by atoms with E-state index in [1.54, 1.807) is 37.4 Å². The highest BCUT2D eigenvalue weighted by molar-refractivity contribution is 6.33. The van der Waals surface area contributed by atoms with Gasteiger partial charge in [-0.2, -0.15) is 0 Å². The van der Waals surface area contributed by atoms with Gasteiger partial charge in [-0.1, -0.05) is 29.8 Å². The first kappa shape index (κ1) is 14.2. The van der Waals surface area contributed by atoms with Gasteiger partial charge in [0.25, 0.3) is 0 Å². The first-order valence-corrected chi connectivity index (χ1v) is 6.38. The molecule has 0 aliphatic heterocycles. The summed E-state index contributed by atoms with van der Waals surface area (Å²) in [6.45, 7) is 0. The maximum absolute atomic E-state index is 10.9. The Morgan fingerprint density at radius 2 is 2.00 bits per heavy atom. The number of carboxylic acid groups (broad SMARTS) is 1. The second-order valence-corrected chi connectivity index (χ2v) is 4.61. The predicted molar refractivity (Wildman–Crippen MR) is 79.1 cm³/mol. The van der Waals surface area contributed by atoms with Crippen molar-refractivity contribution >= 4 is 28.9 Å². The second-order valence-electron chi connectivity index (χ2n) is 4.20. The number of ether oxygens (including phenoxy) is 1.